The Morgan fingerprint density at radius 3 is 2.19 bits per heavy atom. The van der Waals surface area contributed by atoms with E-state index in [2.05, 4.69) is 5.32 Å². The summed E-state index contributed by atoms with van der Waals surface area (Å²) in [4.78, 5) is 26.2. The van der Waals surface area contributed by atoms with E-state index in [9.17, 15) is 9.59 Å². The lowest BCUT2D eigenvalue weighted by Gasteiger charge is -2.24. The first-order valence-corrected chi connectivity index (χ1v) is 8.74. The molecule has 0 heterocycles. The molecular formula is C20H23ClN2O4. The summed E-state index contributed by atoms with van der Waals surface area (Å²) in [7, 11) is 3.86. The van der Waals surface area contributed by atoms with Gasteiger partial charge in [-0.15, -0.1) is 0 Å². The number of amides is 1. The Balaban J connectivity index is 1.85. The highest BCUT2D eigenvalue weighted by molar-refractivity contribution is 6.30. The van der Waals surface area contributed by atoms with Gasteiger partial charge >= 0.3 is 5.97 Å². The van der Waals surface area contributed by atoms with E-state index in [0.29, 0.717) is 16.5 Å². The van der Waals surface area contributed by atoms with Crippen LogP contribution in [-0.2, 0) is 14.3 Å². The number of rotatable bonds is 7. The minimum Gasteiger partial charge on any atom is -0.476 e. The van der Waals surface area contributed by atoms with Crippen molar-refractivity contribution in [2.24, 2.45) is 0 Å². The van der Waals surface area contributed by atoms with Crippen LogP contribution in [0.25, 0.3) is 0 Å². The number of halogens is 1. The Morgan fingerprint density at radius 1 is 1.04 bits per heavy atom. The number of nitrogens with one attached hydrogen (secondary N) is 1. The lowest BCUT2D eigenvalue weighted by molar-refractivity contribution is -0.161. The maximum Gasteiger partial charge on any atom is 0.350 e. The number of carbonyl (C=O) groups is 2. The lowest BCUT2D eigenvalue weighted by Crippen LogP contribution is -2.41. The van der Waals surface area contributed by atoms with Gasteiger partial charge in [-0.05, 0) is 62.4 Å². The van der Waals surface area contributed by atoms with Crippen LogP contribution >= 0.6 is 11.6 Å². The fraction of sp³-hybridized carbons (Fsp3) is 0.300. The number of hydrogen-bond acceptors (Lipinski definition) is 5. The molecule has 0 fully saturated rings. The second kappa shape index (κ2) is 8.77. The monoisotopic (exact) mass is 390 g/mol. The fourth-order valence-corrected chi connectivity index (χ4v) is 2.31. The van der Waals surface area contributed by atoms with Crippen LogP contribution in [0.2, 0.25) is 5.02 Å². The van der Waals surface area contributed by atoms with Gasteiger partial charge in [0.05, 0.1) is 0 Å². The van der Waals surface area contributed by atoms with Gasteiger partial charge in [-0.25, -0.2) is 4.79 Å². The molecule has 0 unspecified atom stereocenters. The fourth-order valence-electron chi connectivity index (χ4n) is 2.18. The molecule has 0 saturated carbocycles. The highest BCUT2D eigenvalue weighted by Gasteiger charge is 2.32. The standard InChI is InChI=1S/C20H23ClN2O4/c1-20(2,27-17-11-5-14(21)6-12-17)19(25)26-13-18(24)22-15-7-9-16(10-8-15)23(3)4/h5-12H,13H2,1-4H3,(H,22,24). The number of anilines is 2. The number of nitrogens with zero attached hydrogens (tertiary/aromatic N) is 1. The lowest BCUT2D eigenvalue weighted by atomic mass is 10.1. The van der Waals surface area contributed by atoms with E-state index in [-0.39, 0.29) is 0 Å². The van der Waals surface area contributed by atoms with Crippen molar-refractivity contribution in [2.45, 2.75) is 19.4 Å². The largest absolute Gasteiger partial charge is 0.476 e. The maximum absolute atomic E-state index is 12.3. The van der Waals surface area contributed by atoms with Crippen LogP contribution in [0.3, 0.4) is 0 Å². The molecule has 0 aliphatic heterocycles. The smallest absolute Gasteiger partial charge is 0.350 e. The van der Waals surface area contributed by atoms with Crippen molar-refractivity contribution >= 4 is 34.9 Å². The quantitative estimate of drug-likeness (QED) is 0.729. The Labute approximate surface area is 164 Å². The summed E-state index contributed by atoms with van der Waals surface area (Å²) < 4.78 is 10.7. The molecule has 2 aromatic carbocycles. The summed E-state index contributed by atoms with van der Waals surface area (Å²) in [6.45, 7) is 2.74. The van der Waals surface area contributed by atoms with E-state index in [1.807, 2.05) is 31.1 Å². The summed E-state index contributed by atoms with van der Waals surface area (Å²) >= 11 is 5.83. The van der Waals surface area contributed by atoms with Gasteiger partial charge in [-0.2, -0.15) is 0 Å². The third kappa shape index (κ3) is 6.18. The van der Waals surface area contributed by atoms with Gasteiger partial charge in [-0.1, -0.05) is 11.6 Å². The van der Waals surface area contributed by atoms with E-state index in [1.165, 1.54) is 0 Å². The Bertz CT molecular complexity index is 787. The van der Waals surface area contributed by atoms with Crippen LogP contribution in [0.5, 0.6) is 5.75 Å². The van der Waals surface area contributed by atoms with Crippen molar-refractivity contribution in [2.75, 3.05) is 30.9 Å². The van der Waals surface area contributed by atoms with Crippen LogP contribution < -0.4 is 15.0 Å². The van der Waals surface area contributed by atoms with Crippen LogP contribution in [0.1, 0.15) is 13.8 Å². The van der Waals surface area contributed by atoms with Crippen LogP contribution in [-0.4, -0.2) is 38.2 Å². The number of ether oxygens (including phenoxy) is 2. The third-order valence-electron chi connectivity index (χ3n) is 3.68. The van der Waals surface area contributed by atoms with Crippen molar-refractivity contribution in [1.82, 2.24) is 0 Å². The van der Waals surface area contributed by atoms with Gasteiger partial charge in [0.15, 0.2) is 12.2 Å². The van der Waals surface area contributed by atoms with Gasteiger partial charge in [0.2, 0.25) is 0 Å². The summed E-state index contributed by atoms with van der Waals surface area (Å²) in [5.74, 6) is -0.592. The van der Waals surface area contributed by atoms with Gasteiger partial charge in [0.1, 0.15) is 5.75 Å². The number of hydrogen-bond donors (Lipinski definition) is 1. The van der Waals surface area contributed by atoms with Crippen molar-refractivity contribution in [1.29, 1.82) is 0 Å². The van der Waals surface area contributed by atoms with Gasteiger partial charge in [0.25, 0.3) is 5.91 Å². The molecule has 1 N–H and O–H groups in total. The van der Waals surface area contributed by atoms with Gasteiger partial charge in [0, 0.05) is 30.5 Å². The second-order valence-electron chi connectivity index (χ2n) is 6.63. The number of esters is 1. The average Bonchev–Trinajstić information content (AvgIpc) is 2.62. The predicted octanol–water partition coefficient (Wildman–Crippen LogP) is 3.75. The summed E-state index contributed by atoms with van der Waals surface area (Å²) in [6, 6.07) is 13.9. The molecule has 0 spiro atoms. The van der Waals surface area contributed by atoms with Crippen LogP contribution in [0, 0.1) is 0 Å². The third-order valence-corrected chi connectivity index (χ3v) is 3.93. The number of benzene rings is 2. The SMILES string of the molecule is CN(C)c1ccc(NC(=O)COC(=O)C(C)(C)Oc2ccc(Cl)cc2)cc1. The Morgan fingerprint density at radius 2 is 1.63 bits per heavy atom. The molecule has 6 nitrogen and oxygen atoms in total. The normalized spacial score (nSPS) is 10.9. The van der Waals surface area contributed by atoms with E-state index in [4.69, 9.17) is 21.1 Å². The second-order valence-corrected chi connectivity index (χ2v) is 7.07. The highest BCUT2D eigenvalue weighted by atomic mass is 35.5. The minimum atomic E-state index is -1.25. The topological polar surface area (TPSA) is 67.9 Å². The van der Waals surface area contributed by atoms with Crippen LogP contribution in [0.4, 0.5) is 11.4 Å². The van der Waals surface area contributed by atoms with E-state index in [0.717, 1.165) is 5.69 Å². The molecule has 7 heteroatoms. The number of carbonyl (C=O) groups excluding carboxylic acids is 2. The molecule has 0 aliphatic rings. The minimum absolute atomic E-state index is 0.401. The zero-order chi connectivity index (χ0) is 20.0. The van der Waals surface area contributed by atoms with Gasteiger partial charge in [-0.3, -0.25) is 4.79 Å². The molecule has 0 radical (unpaired) electrons. The molecule has 2 rings (SSSR count). The molecule has 0 aliphatic carbocycles. The van der Waals surface area contributed by atoms with Gasteiger partial charge < -0.3 is 19.7 Å². The Kier molecular flexibility index (Phi) is 6.69. The molecular weight excluding hydrogens is 368 g/mol. The van der Waals surface area contributed by atoms with E-state index < -0.39 is 24.1 Å². The zero-order valence-electron chi connectivity index (χ0n) is 15.8. The predicted molar refractivity (Wildman–Crippen MR) is 107 cm³/mol. The van der Waals surface area contributed by atoms with E-state index >= 15 is 0 Å². The molecule has 27 heavy (non-hydrogen) atoms. The van der Waals surface area contributed by atoms with Crippen molar-refractivity contribution < 1.29 is 19.1 Å². The van der Waals surface area contributed by atoms with E-state index in [1.54, 1.807) is 50.2 Å². The molecule has 0 atom stereocenters. The molecule has 0 aromatic heterocycles. The first kappa shape index (κ1) is 20.6. The average molecular weight is 391 g/mol. The maximum atomic E-state index is 12.3. The summed E-state index contributed by atoms with van der Waals surface area (Å²) in [5, 5.41) is 3.25. The Hall–Kier alpha value is -2.73. The summed E-state index contributed by atoms with van der Waals surface area (Å²) in [6.07, 6.45) is 0. The summed E-state index contributed by atoms with van der Waals surface area (Å²) in [5.41, 5.74) is 0.389. The zero-order valence-corrected chi connectivity index (χ0v) is 16.5. The highest BCUT2D eigenvalue weighted by Crippen LogP contribution is 2.22. The first-order valence-electron chi connectivity index (χ1n) is 8.36. The molecule has 144 valence electrons. The van der Waals surface area contributed by atoms with Crippen molar-refractivity contribution in [3.63, 3.8) is 0 Å². The first-order chi connectivity index (χ1) is 12.7. The molecule has 0 bridgehead atoms. The van der Waals surface area contributed by atoms with Crippen LogP contribution in [0.15, 0.2) is 48.5 Å². The molecule has 0 saturated heterocycles. The van der Waals surface area contributed by atoms with Crippen molar-refractivity contribution in [3.05, 3.63) is 53.6 Å². The van der Waals surface area contributed by atoms with Crippen molar-refractivity contribution in [3.8, 4) is 5.75 Å². The molecule has 1 amide bonds. The molecule has 2 aromatic rings.